The van der Waals surface area contributed by atoms with Crippen molar-refractivity contribution < 1.29 is 9.59 Å². The normalized spacial score (nSPS) is 17.4. The first kappa shape index (κ1) is 17.7. The third-order valence-electron chi connectivity index (χ3n) is 3.92. The third kappa shape index (κ3) is 4.49. The van der Waals surface area contributed by atoms with Crippen molar-refractivity contribution >= 4 is 35.2 Å². The van der Waals surface area contributed by atoms with Crippen LogP contribution >= 0.6 is 23.4 Å². The Kier molecular flexibility index (Phi) is 5.55. The van der Waals surface area contributed by atoms with E-state index in [1.807, 2.05) is 24.3 Å². The molecule has 1 atom stereocenters. The summed E-state index contributed by atoms with van der Waals surface area (Å²) >= 11 is 7.51. The highest BCUT2D eigenvalue weighted by molar-refractivity contribution is 7.99. The van der Waals surface area contributed by atoms with Gasteiger partial charge in [0.25, 0.3) is 5.91 Å². The molecule has 2 heterocycles. The summed E-state index contributed by atoms with van der Waals surface area (Å²) < 4.78 is 0. The van der Waals surface area contributed by atoms with Crippen LogP contribution < -0.4 is 5.32 Å². The molecule has 6 nitrogen and oxygen atoms in total. The summed E-state index contributed by atoms with van der Waals surface area (Å²) in [6.07, 6.45) is 1.05. The van der Waals surface area contributed by atoms with Crippen molar-refractivity contribution in [2.24, 2.45) is 0 Å². The van der Waals surface area contributed by atoms with Gasteiger partial charge in [-0.1, -0.05) is 35.5 Å². The van der Waals surface area contributed by atoms with E-state index in [1.54, 1.807) is 24.1 Å². The lowest BCUT2D eigenvalue weighted by atomic mass is 10.0. The number of hydrogen-bond donors (Lipinski definition) is 1. The van der Waals surface area contributed by atoms with Crippen molar-refractivity contribution in [3.8, 4) is 0 Å². The molecule has 0 bridgehead atoms. The molecule has 0 radical (unpaired) electrons. The molecule has 1 aromatic heterocycles. The van der Waals surface area contributed by atoms with Crippen LogP contribution in [0.1, 0.15) is 23.3 Å². The molecule has 2 amide bonds. The van der Waals surface area contributed by atoms with E-state index in [-0.39, 0.29) is 23.6 Å². The summed E-state index contributed by atoms with van der Waals surface area (Å²) in [5.41, 5.74) is 0.231. The van der Waals surface area contributed by atoms with Gasteiger partial charge in [0.2, 0.25) is 5.91 Å². The van der Waals surface area contributed by atoms with Gasteiger partial charge in [-0.15, -0.1) is 10.2 Å². The van der Waals surface area contributed by atoms with Crippen molar-refractivity contribution in [2.75, 3.05) is 13.6 Å². The minimum absolute atomic E-state index is 0.0362. The van der Waals surface area contributed by atoms with Crippen LogP contribution in [-0.2, 0) is 4.79 Å². The van der Waals surface area contributed by atoms with Gasteiger partial charge in [0.05, 0.1) is 5.02 Å². The fourth-order valence-electron chi connectivity index (χ4n) is 2.46. The lowest BCUT2D eigenvalue weighted by Gasteiger charge is -2.29. The van der Waals surface area contributed by atoms with Gasteiger partial charge in [0.1, 0.15) is 5.03 Å². The van der Waals surface area contributed by atoms with Crippen molar-refractivity contribution in [3.63, 3.8) is 0 Å². The van der Waals surface area contributed by atoms with E-state index in [0.29, 0.717) is 23.0 Å². The Bertz CT molecular complexity index is 784. The number of amides is 2. The van der Waals surface area contributed by atoms with Crippen molar-refractivity contribution in [3.05, 3.63) is 47.1 Å². The summed E-state index contributed by atoms with van der Waals surface area (Å²) in [5.74, 6) is -0.279. The molecule has 0 aliphatic carbocycles. The van der Waals surface area contributed by atoms with E-state index in [2.05, 4.69) is 15.5 Å². The summed E-state index contributed by atoms with van der Waals surface area (Å²) in [6.45, 7) is 0.642. The Morgan fingerprint density at radius 3 is 2.76 bits per heavy atom. The van der Waals surface area contributed by atoms with E-state index in [9.17, 15) is 9.59 Å². The molecule has 1 aliphatic heterocycles. The number of carbonyl (C=O) groups is 2. The molecule has 8 heteroatoms. The standard InChI is InChI=1S/C17H17ClN4O2S/c1-22-9-8-11(10-16(22)23)19-17(24)13-6-7-15(21-20-13)25-14-5-3-2-4-12(14)18/h2-7,11H,8-10H2,1H3,(H,19,24)/t11-/m0/s1. The fourth-order valence-corrected chi connectivity index (χ4v) is 3.47. The van der Waals surface area contributed by atoms with Crippen LogP contribution in [0.4, 0.5) is 0 Å². The van der Waals surface area contributed by atoms with Gasteiger partial charge in [-0.25, -0.2) is 0 Å². The lowest BCUT2D eigenvalue weighted by Crippen LogP contribution is -2.46. The number of nitrogens with one attached hydrogen (secondary N) is 1. The SMILES string of the molecule is CN1CC[C@H](NC(=O)c2ccc(Sc3ccccc3Cl)nn2)CC1=O. The highest BCUT2D eigenvalue weighted by atomic mass is 35.5. The Morgan fingerprint density at radius 1 is 1.28 bits per heavy atom. The van der Waals surface area contributed by atoms with Crippen LogP contribution in [-0.4, -0.2) is 46.5 Å². The van der Waals surface area contributed by atoms with E-state index in [0.717, 1.165) is 11.3 Å². The zero-order valence-electron chi connectivity index (χ0n) is 13.6. The molecule has 3 rings (SSSR count). The largest absolute Gasteiger partial charge is 0.347 e. The Morgan fingerprint density at radius 2 is 2.08 bits per heavy atom. The van der Waals surface area contributed by atoms with E-state index >= 15 is 0 Å². The minimum Gasteiger partial charge on any atom is -0.347 e. The van der Waals surface area contributed by atoms with E-state index in [4.69, 9.17) is 11.6 Å². The number of halogens is 1. The average molecular weight is 377 g/mol. The molecule has 1 saturated heterocycles. The lowest BCUT2D eigenvalue weighted by molar-refractivity contribution is -0.132. The molecule has 25 heavy (non-hydrogen) atoms. The van der Waals surface area contributed by atoms with Crippen LogP contribution in [0.25, 0.3) is 0 Å². The monoisotopic (exact) mass is 376 g/mol. The molecule has 1 aromatic carbocycles. The second-order valence-corrected chi connectivity index (χ2v) is 7.24. The second kappa shape index (κ2) is 7.84. The van der Waals surface area contributed by atoms with Crippen LogP contribution in [0.2, 0.25) is 5.02 Å². The number of hydrogen-bond acceptors (Lipinski definition) is 5. The molecule has 130 valence electrons. The Hall–Kier alpha value is -2.12. The summed E-state index contributed by atoms with van der Waals surface area (Å²) in [5, 5.41) is 12.2. The van der Waals surface area contributed by atoms with Crippen molar-refractivity contribution in [2.45, 2.75) is 28.8 Å². The number of benzene rings is 1. The number of nitrogens with zero attached hydrogens (tertiary/aromatic N) is 3. The molecular formula is C17H17ClN4O2S. The maximum absolute atomic E-state index is 12.3. The molecule has 1 aliphatic rings. The zero-order chi connectivity index (χ0) is 17.8. The van der Waals surface area contributed by atoms with E-state index < -0.39 is 0 Å². The highest BCUT2D eigenvalue weighted by Gasteiger charge is 2.25. The summed E-state index contributed by atoms with van der Waals surface area (Å²) in [7, 11) is 1.77. The molecule has 0 saturated carbocycles. The number of aromatic nitrogens is 2. The highest BCUT2D eigenvalue weighted by Crippen LogP contribution is 2.31. The number of carbonyl (C=O) groups excluding carboxylic acids is 2. The van der Waals surface area contributed by atoms with E-state index in [1.165, 1.54) is 11.8 Å². The van der Waals surface area contributed by atoms with Crippen LogP contribution in [0.15, 0.2) is 46.3 Å². The first-order chi connectivity index (χ1) is 12.0. The minimum atomic E-state index is -0.316. The number of likely N-dealkylation sites (tertiary alicyclic amines) is 1. The van der Waals surface area contributed by atoms with Crippen molar-refractivity contribution in [1.82, 2.24) is 20.4 Å². The molecule has 2 aromatic rings. The maximum atomic E-state index is 12.3. The van der Waals surface area contributed by atoms with Gasteiger partial charge < -0.3 is 10.2 Å². The van der Waals surface area contributed by atoms with Crippen LogP contribution in [0, 0.1) is 0 Å². The van der Waals surface area contributed by atoms with Crippen LogP contribution in [0.5, 0.6) is 0 Å². The maximum Gasteiger partial charge on any atom is 0.272 e. The molecule has 1 fully saturated rings. The van der Waals surface area contributed by atoms with Gasteiger partial charge in [-0.2, -0.15) is 0 Å². The molecule has 0 unspecified atom stereocenters. The molecule has 0 spiro atoms. The summed E-state index contributed by atoms with van der Waals surface area (Å²) in [4.78, 5) is 26.5. The van der Waals surface area contributed by atoms with Gasteiger partial charge in [-0.05, 0) is 30.7 Å². The van der Waals surface area contributed by atoms with Gasteiger partial charge in [-0.3, -0.25) is 9.59 Å². The topological polar surface area (TPSA) is 75.2 Å². The first-order valence-corrected chi connectivity index (χ1v) is 9.03. The van der Waals surface area contributed by atoms with Gasteiger partial charge >= 0.3 is 0 Å². The smallest absolute Gasteiger partial charge is 0.272 e. The second-order valence-electron chi connectivity index (χ2n) is 5.77. The van der Waals surface area contributed by atoms with Gasteiger partial charge in [0.15, 0.2) is 5.69 Å². The summed E-state index contributed by atoms with van der Waals surface area (Å²) in [6, 6.07) is 10.7. The number of rotatable bonds is 4. The predicted octanol–water partition coefficient (Wildman–Crippen LogP) is 2.63. The zero-order valence-corrected chi connectivity index (χ0v) is 15.2. The number of piperidine rings is 1. The van der Waals surface area contributed by atoms with Crippen molar-refractivity contribution in [1.29, 1.82) is 0 Å². The fraction of sp³-hybridized carbons (Fsp3) is 0.294. The Labute approximate surface area is 155 Å². The quantitative estimate of drug-likeness (QED) is 0.887. The molecule has 1 N–H and O–H groups in total. The average Bonchev–Trinajstić information content (AvgIpc) is 2.61. The van der Waals surface area contributed by atoms with Gasteiger partial charge in [0, 0.05) is 31.0 Å². The Balaban J connectivity index is 1.61. The molecular weight excluding hydrogens is 360 g/mol. The third-order valence-corrected chi connectivity index (χ3v) is 5.36. The van der Waals surface area contributed by atoms with Crippen LogP contribution in [0.3, 0.4) is 0 Å². The first-order valence-electron chi connectivity index (χ1n) is 7.84. The predicted molar refractivity (Wildman–Crippen MR) is 95.7 cm³/mol.